The molecule has 0 heterocycles. The first-order valence-corrected chi connectivity index (χ1v) is 12.5. The summed E-state index contributed by atoms with van der Waals surface area (Å²) in [4.78, 5) is 0. The van der Waals surface area contributed by atoms with Crippen LogP contribution in [-0.2, 0) is 11.3 Å². The highest BCUT2D eigenvalue weighted by Gasteiger charge is 2.25. The molecule has 5 heteroatoms. The zero-order valence-corrected chi connectivity index (χ0v) is 20.5. The number of hydrogen-bond acceptors (Lipinski definition) is 2. The summed E-state index contributed by atoms with van der Waals surface area (Å²) in [6.07, 6.45) is 5.02. The number of halogens is 3. The third kappa shape index (κ3) is 6.26. The van der Waals surface area contributed by atoms with Crippen LogP contribution in [0.2, 0.25) is 0 Å². The highest BCUT2D eigenvalue weighted by Crippen LogP contribution is 2.37. The fraction of sp³-hybridized carbons (Fsp3) is 0.400. The normalized spacial score (nSPS) is 18.0. The summed E-state index contributed by atoms with van der Waals surface area (Å²) >= 11 is 0. The van der Waals surface area contributed by atoms with Crippen molar-refractivity contribution in [3.63, 3.8) is 0 Å². The maximum Gasteiger partial charge on any atom is 0.167 e. The molecule has 0 radical (unpaired) electrons. The molecule has 0 aromatic heterocycles. The molecule has 186 valence electrons. The van der Waals surface area contributed by atoms with Crippen LogP contribution >= 0.6 is 0 Å². The lowest BCUT2D eigenvalue weighted by atomic mass is 9.82. The Hall–Kier alpha value is -2.79. The van der Waals surface area contributed by atoms with Crippen molar-refractivity contribution in [2.45, 2.75) is 71.0 Å². The van der Waals surface area contributed by atoms with Gasteiger partial charge in [-0.3, -0.25) is 0 Å². The van der Waals surface area contributed by atoms with E-state index in [1.165, 1.54) is 6.07 Å². The van der Waals surface area contributed by atoms with E-state index in [4.69, 9.17) is 9.47 Å². The molecule has 0 saturated heterocycles. The van der Waals surface area contributed by atoms with E-state index < -0.39 is 11.6 Å². The van der Waals surface area contributed by atoms with E-state index in [1.807, 2.05) is 31.2 Å². The Labute approximate surface area is 206 Å². The Kier molecular flexibility index (Phi) is 8.50. The largest absolute Gasteiger partial charge is 0.493 e. The van der Waals surface area contributed by atoms with Crippen LogP contribution in [0.5, 0.6) is 5.75 Å². The van der Waals surface area contributed by atoms with Crippen LogP contribution < -0.4 is 4.74 Å². The van der Waals surface area contributed by atoms with Crippen molar-refractivity contribution < 1.29 is 22.6 Å². The Balaban J connectivity index is 1.31. The van der Waals surface area contributed by atoms with Gasteiger partial charge in [-0.25, -0.2) is 13.2 Å². The second-order valence-electron chi connectivity index (χ2n) is 9.44. The van der Waals surface area contributed by atoms with Gasteiger partial charge in [0.1, 0.15) is 11.6 Å². The van der Waals surface area contributed by atoms with Gasteiger partial charge in [0.05, 0.1) is 19.3 Å². The van der Waals surface area contributed by atoms with Crippen LogP contribution in [0.15, 0.2) is 54.6 Å². The van der Waals surface area contributed by atoms with Crippen molar-refractivity contribution in [2.24, 2.45) is 0 Å². The molecule has 35 heavy (non-hydrogen) atoms. The first kappa shape index (κ1) is 25.3. The van der Waals surface area contributed by atoms with Gasteiger partial charge in [-0.15, -0.1) is 0 Å². The van der Waals surface area contributed by atoms with Crippen molar-refractivity contribution in [3.05, 3.63) is 88.7 Å². The minimum absolute atomic E-state index is 0.0183. The second-order valence-corrected chi connectivity index (χ2v) is 9.44. The van der Waals surface area contributed by atoms with Gasteiger partial charge in [-0.2, -0.15) is 0 Å². The number of hydrogen-bond donors (Lipinski definition) is 0. The fourth-order valence-corrected chi connectivity index (χ4v) is 4.67. The molecule has 1 saturated carbocycles. The summed E-state index contributed by atoms with van der Waals surface area (Å²) < 4.78 is 55.7. The van der Waals surface area contributed by atoms with Crippen molar-refractivity contribution in [1.82, 2.24) is 0 Å². The van der Waals surface area contributed by atoms with E-state index in [0.29, 0.717) is 23.5 Å². The molecule has 3 aromatic carbocycles. The number of ether oxygens (including phenoxy) is 2. The standard InChI is InChI=1S/C30H33F3O2/c1-3-4-17-34-25-14-16-26(28(31)18-25)21-9-12-24(13-10-21)35-19-23-11-15-27(30(33)29(23)32)22-7-5-20(2)6-8-22/h5-8,11,14-16,18,21,24H,3-4,9-10,12-13,17,19H2,1-2H3. The second kappa shape index (κ2) is 11.8. The SMILES string of the molecule is CCCCOc1ccc(C2CCC(OCc3ccc(-c4ccc(C)cc4)c(F)c3F)CC2)c(F)c1. The molecule has 0 unspecified atom stereocenters. The summed E-state index contributed by atoms with van der Waals surface area (Å²) in [5.74, 6) is -1.24. The molecule has 1 aliphatic carbocycles. The van der Waals surface area contributed by atoms with Gasteiger partial charge in [0.2, 0.25) is 0 Å². The van der Waals surface area contributed by atoms with Gasteiger partial charge < -0.3 is 9.47 Å². The third-order valence-corrected chi connectivity index (χ3v) is 6.85. The predicted octanol–water partition coefficient (Wildman–Crippen LogP) is 8.50. The number of aryl methyl sites for hydroxylation is 1. The molecule has 4 rings (SSSR count). The molecule has 0 amide bonds. The minimum Gasteiger partial charge on any atom is -0.493 e. The monoisotopic (exact) mass is 482 g/mol. The Morgan fingerprint density at radius 2 is 1.60 bits per heavy atom. The first-order chi connectivity index (χ1) is 17.0. The minimum atomic E-state index is -0.861. The van der Waals surface area contributed by atoms with E-state index in [9.17, 15) is 13.2 Å². The van der Waals surface area contributed by atoms with Crippen LogP contribution in [-0.4, -0.2) is 12.7 Å². The average molecular weight is 483 g/mol. The Morgan fingerprint density at radius 1 is 0.857 bits per heavy atom. The molecule has 1 aliphatic rings. The van der Waals surface area contributed by atoms with Crippen LogP contribution in [0.3, 0.4) is 0 Å². The molecule has 0 N–H and O–H groups in total. The van der Waals surface area contributed by atoms with Gasteiger partial charge >= 0.3 is 0 Å². The van der Waals surface area contributed by atoms with E-state index in [2.05, 4.69) is 6.92 Å². The van der Waals surface area contributed by atoms with Crippen molar-refractivity contribution in [2.75, 3.05) is 6.61 Å². The maximum atomic E-state index is 14.7. The van der Waals surface area contributed by atoms with Gasteiger partial charge in [-0.1, -0.05) is 61.4 Å². The van der Waals surface area contributed by atoms with Crippen molar-refractivity contribution >= 4 is 0 Å². The van der Waals surface area contributed by atoms with Crippen molar-refractivity contribution in [3.8, 4) is 16.9 Å². The van der Waals surface area contributed by atoms with Gasteiger partial charge in [0, 0.05) is 17.2 Å². The summed E-state index contributed by atoms with van der Waals surface area (Å²) in [6, 6.07) is 15.7. The summed E-state index contributed by atoms with van der Waals surface area (Å²) in [5.41, 5.74) is 2.88. The zero-order valence-electron chi connectivity index (χ0n) is 20.5. The van der Waals surface area contributed by atoms with Crippen molar-refractivity contribution in [1.29, 1.82) is 0 Å². The molecule has 0 atom stereocenters. The quantitative estimate of drug-likeness (QED) is 0.285. The van der Waals surface area contributed by atoms with Gasteiger partial charge in [0.25, 0.3) is 0 Å². The van der Waals surface area contributed by atoms with E-state index >= 15 is 0 Å². The summed E-state index contributed by atoms with van der Waals surface area (Å²) in [6.45, 7) is 4.65. The van der Waals surface area contributed by atoms with Gasteiger partial charge in [0.15, 0.2) is 11.6 Å². The average Bonchev–Trinajstić information content (AvgIpc) is 2.86. The lowest BCUT2D eigenvalue weighted by molar-refractivity contribution is 0.0117. The lowest BCUT2D eigenvalue weighted by Crippen LogP contribution is -2.21. The van der Waals surface area contributed by atoms with Crippen LogP contribution in [0, 0.1) is 24.4 Å². The van der Waals surface area contributed by atoms with Gasteiger partial charge in [-0.05, 0) is 62.1 Å². The molecular formula is C30H33F3O2. The van der Waals surface area contributed by atoms with E-state index in [-0.39, 0.29) is 35.6 Å². The number of benzene rings is 3. The van der Waals surface area contributed by atoms with Crippen LogP contribution in [0.4, 0.5) is 13.2 Å². The van der Waals surface area contributed by atoms with E-state index in [0.717, 1.165) is 44.1 Å². The summed E-state index contributed by atoms with van der Waals surface area (Å²) in [7, 11) is 0. The fourth-order valence-electron chi connectivity index (χ4n) is 4.67. The topological polar surface area (TPSA) is 18.5 Å². The van der Waals surface area contributed by atoms with Crippen LogP contribution in [0.1, 0.15) is 68.1 Å². The lowest BCUT2D eigenvalue weighted by Gasteiger charge is -2.29. The summed E-state index contributed by atoms with van der Waals surface area (Å²) in [5, 5.41) is 0. The smallest absolute Gasteiger partial charge is 0.167 e. The molecule has 0 aliphatic heterocycles. The molecule has 0 spiro atoms. The third-order valence-electron chi connectivity index (χ3n) is 6.85. The molecular weight excluding hydrogens is 449 g/mol. The molecule has 1 fully saturated rings. The van der Waals surface area contributed by atoms with Crippen LogP contribution in [0.25, 0.3) is 11.1 Å². The highest BCUT2D eigenvalue weighted by atomic mass is 19.2. The Morgan fingerprint density at radius 3 is 2.29 bits per heavy atom. The Bertz CT molecular complexity index is 1120. The molecule has 3 aromatic rings. The number of rotatable bonds is 9. The first-order valence-electron chi connectivity index (χ1n) is 12.5. The zero-order chi connectivity index (χ0) is 24.8. The number of unbranched alkanes of at least 4 members (excludes halogenated alkanes) is 1. The molecule has 2 nitrogen and oxygen atoms in total. The van der Waals surface area contributed by atoms with E-state index in [1.54, 1.807) is 24.3 Å². The highest BCUT2D eigenvalue weighted by molar-refractivity contribution is 5.65. The molecule has 0 bridgehead atoms. The maximum absolute atomic E-state index is 14.7. The predicted molar refractivity (Wildman–Crippen MR) is 133 cm³/mol.